The lowest BCUT2D eigenvalue weighted by Crippen LogP contribution is -2.33. The molecule has 1 aromatic heterocycles. The molecule has 0 aliphatic rings. The highest BCUT2D eigenvalue weighted by molar-refractivity contribution is 6.32. The minimum Gasteiger partial charge on any atom is -0.462 e. The molecule has 0 radical (unpaired) electrons. The molecule has 0 bridgehead atoms. The average molecular weight is 212 g/mol. The van der Waals surface area contributed by atoms with Gasteiger partial charge in [0.25, 0.3) is 0 Å². The molecule has 0 aliphatic carbocycles. The van der Waals surface area contributed by atoms with E-state index in [1.807, 2.05) is 0 Å². The Morgan fingerprint density at radius 3 is 2.73 bits per heavy atom. The molecule has 0 aliphatic heterocycles. The Hall–Kier alpha value is -1.85. The summed E-state index contributed by atoms with van der Waals surface area (Å²) in [5.41, 5.74) is 0. The van der Waals surface area contributed by atoms with Crippen molar-refractivity contribution in [3.05, 3.63) is 17.8 Å². The molecule has 1 N–H and O–H groups in total. The summed E-state index contributed by atoms with van der Waals surface area (Å²) in [5.74, 6) is -0.764. The number of aromatic nitrogens is 1. The maximum atomic E-state index is 11.1. The molecule has 6 heteroatoms. The number of aryl methyl sites for hydroxylation is 1. The number of hydrogen-bond donors (Lipinski definition) is 1. The monoisotopic (exact) mass is 212 g/mol. The molecule has 0 fully saturated rings. The second kappa shape index (κ2) is 4.59. The fourth-order valence-electron chi connectivity index (χ4n) is 0.982. The summed E-state index contributed by atoms with van der Waals surface area (Å²) in [6, 6.07) is -0.467. The van der Waals surface area contributed by atoms with Crippen molar-refractivity contribution in [2.24, 2.45) is 0 Å². The Morgan fingerprint density at radius 1 is 1.60 bits per heavy atom. The zero-order chi connectivity index (χ0) is 11.4. The van der Waals surface area contributed by atoms with Crippen molar-refractivity contribution in [3.8, 4) is 0 Å². The zero-order valence-electron chi connectivity index (χ0n) is 8.73. The van der Waals surface area contributed by atoms with Crippen LogP contribution in [-0.2, 0) is 14.3 Å². The van der Waals surface area contributed by atoms with Gasteiger partial charge in [0.2, 0.25) is 5.89 Å². The number of carbonyl (C=O) groups excluding carboxylic acids is 2. The summed E-state index contributed by atoms with van der Waals surface area (Å²) in [5, 5.41) is 2.39. The van der Waals surface area contributed by atoms with Gasteiger partial charge in [-0.2, -0.15) is 0 Å². The zero-order valence-corrected chi connectivity index (χ0v) is 8.73. The first-order valence-electron chi connectivity index (χ1n) is 4.35. The van der Waals surface area contributed by atoms with Gasteiger partial charge in [-0.3, -0.25) is 4.79 Å². The molecule has 0 saturated heterocycles. The van der Waals surface area contributed by atoms with E-state index in [1.54, 1.807) is 13.8 Å². The van der Waals surface area contributed by atoms with E-state index < -0.39 is 17.9 Å². The van der Waals surface area contributed by atoms with Crippen LogP contribution in [0.1, 0.15) is 24.6 Å². The normalized spacial score (nSPS) is 11.9. The fraction of sp³-hybridized carbons (Fsp3) is 0.444. The third kappa shape index (κ3) is 2.80. The lowest BCUT2D eigenvalue weighted by molar-refractivity contribution is -0.153. The van der Waals surface area contributed by atoms with E-state index in [2.05, 4.69) is 15.0 Å². The van der Waals surface area contributed by atoms with E-state index >= 15 is 0 Å². The van der Waals surface area contributed by atoms with Gasteiger partial charge in [0.1, 0.15) is 11.8 Å². The van der Waals surface area contributed by atoms with Gasteiger partial charge in [0.05, 0.1) is 13.3 Å². The van der Waals surface area contributed by atoms with Crippen LogP contribution in [0.15, 0.2) is 10.6 Å². The minimum absolute atomic E-state index is 0.352. The lowest BCUT2D eigenvalue weighted by atomic mass is 10.3. The minimum atomic E-state index is -0.940. The second-order valence-corrected chi connectivity index (χ2v) is 3.00. The second-order valence-electron chi connectivity index (χ2n) is 3.00. The molecule has 0 spiro atoms. The van der Waals surface area contributed by atoms with Crippen molar-refractivity contribution in [2.75, 3.05) is 7.11 Å². The fourth-order valence-corrected chi connectivity index (χ4v) is 0.982. The van der Waals surface area contributed by atoms with Crippen LogP contribution in [0.5, 0.6) is 0 Å². The first-order valence-corrected chi connectivity index (χ1v) is 4.35. The Bertz CT molecular complexity index is 372. The van der Waals surface area contributed by atoms with E-state index in [9.17, 15) is 9.59 Å². The lowest BCUT2D eigenvalue weighted by Gasteiger charge is -2.08. The van der Waals surface area contributed by atoms with Crippen molar-refractivity contribution in [1.82, 2.24) is 10.3 Å². The van der Waals surface area contributed by atoms with Crippen LogP contribution in [0.3, 0.4) is 0 Å². The summed E-state index contributed by atoms with van der Waals surface area (Å²) in [7, 11) is 1.14. The average Bonchev–Trinajstić information content (AvgIpc) is 2.63. The highest BCUT2D eigenvalue weighted by Crippen LogP contribution is 2.11. The number of methoxy groups -OCH3 is 1. The van der Waals surface area contributed by atoms with Crippen LogP contribution in [0, 0.1) is 6.92 Å². The third-order valence-electron chi connectivity index (χ3n) is 1.73. The predicted molar refractivity (Wildman–Crippen MR) is 49.8 cm³/mol. The number of hydrogen-bond acceptors (Lipinski definition) is 5. The van der Waals surface area contributed by atoms with Crippen LogP contribution in [-0.4, -0.2) is 24.0 Å². The number of ether oxygens (including phenoxy) is 1. The van der Waals surface area contributed by atoms with E-state index in [1.165, 1.54) is 6.20 Å². The van der Waals surface area contributed by atoms with Gasteiger partial charge in [-0.25, -0.2) is 9.78 Å². The Labute approximate surface area is 86.6 Å². The summed E-state index contributed by atoms with van der Waals surface area (Å²) in [4.78, 5) is 25.8. The van der Waals surface area contributed by atoms with E-state index in [0.717, 1.165) is 7.11 Å². The SMILES string of the molecule is COC(=O)C(=O)NC(C)c1ncc(C)o1. The predicted octanol–water partition coefficient (Wildman–Crippen LogP) is 0.333. The quantitative estimate of drug-likeness (QED) is 0.564. The standard InChI is InChI=1S/C9H12N2O4/c1-5-4-10-8(15-5)6(2)11-7(12)9(13)14-3/h4,6H,1-3H3,(H,11,12). The van der Waals surface area contributed by atoms with Gasteiger partial charge in [-0.1, -0.05) is 0 Å². The van der Waals surface area contributed by atoms with Gasteiger partial charge in [0.15, 0.2) is 0 Å². The number of esters is 1. The van der Waals surface area contributed by atoms with Crippen LogP contribution in [0.4, 0.5) is 0 Å². The summed E-state index contributed by atoms with van der Waals surface area (Å²) in [6.07, 6.45) is 1.54. The molecule has 1 heterocycles. The van der Waals surface area contributed by atoms with Crippen LogP contribution in [0.2, 0.25) is 0 Å². The van der Waals surface area contributed by atoms with Gasteiger partial charge in [-0.05, 0) is 13.8 Å². The molecular formula is C9H12N2O4. The molecule has 1 atom stereocenters. The molecule has 0 saturated carbocycles. The summed E-state index contributed by atoms with van der Waals surface area (Å²) >= 11 is 0. The molecule has 1 amide bonds. The highest BCUT2D eigenvalue weighted by atomic mass is 16.5. The molecule has 6 nitrogen and oxygen atoms in total. The number of amides is 1. The van der Waals surface area contributed by atoms with Crippen LogP contribution >= 0.6 is 0 Å². The van der Waals surface area contributed by atoms with Gasteiger partial charge >= 0.3 is 11.9 Å². The number of carbonyl (C=O) groups is 2. The molecule has 82 valence electrons. The van der Waals surface area contributed by atoms with Crippen molar-refractivity contribution in [1.29, 1.82) is 0 Å². The molecule has 1 rings (SSSR count). The van der Waals surface area contributed by atoms with Crippen molar-refractivity contribution >= 4 is 11.9 Å². The first-order chi connectivity index (χ1) is 7.04. The number of nitrogens with zero attached hydrogens (tertiary/aromatic N) is 1. The Balaban J connectivity index is 2.60. The van der Waals surface area contributed by atoms with Crippen molar-refractivity contribution < 1.29 is 18.7 Å². The Morgan fingerprint density at radius 2 is 2.27 bits per heavy atom. The molecular weight excluding hydrogens is 200 g/mol. The van der Waals surface area contributed by atoms with E-state index in [-0.39, 0.29) is 0 Å². The summed E-state index contributed by atoms with van der Waals surface area (Å²) in [6.45, 7) is 3.40. The first kappa shape index (κ1) is 11.2. The van der Waals surface area contributed by atoms with Gasteiger partial charge in [-0.15, -0.1) is 0 Å². The van der Waals surface area contributed by atoms with Crippen molar-refractivity contribution in [2.45, 2.75) is 19.9 Å². The maximum absolute atomic E-state index is 11.1. The van der Waals surface area contributed by atoms with Gasteiger partial charge < -0.3 is 14.5 Å². The molecule has 15 heavy (non-hydrogen) atoms. The maximum Gasteiger partial charge on any atom is 0.396 e. The molecule has 1 aromatic rings. The van der Waals surface area contributed by atoms with Gasteiger partial charge in [0, 0.05) is 0 Å². The third-order valence-corrected chi connectivity index (χ3v) is 1.73. The topological polar surface area (TPSA) is 81.4 Å². The van der Waals surface area contributed by atoms with E-state index in [4.69, 9.17) is 4.42 Å². The molecule has 0 aromatic carbocycles. The Kier molecular flexibility index (Phi) is 3.43. The van der Waals surface area contributed by atoms with E-state index in [0.29, 0.717) is 11.7 Å². The number of rotatable bonds is 2. The largest absolute Gasteiger partial charge is 0.462 e. The van der Waals surface area contributed by atoms with Crippen LogP contribution < -0.4 is 5.32 Å². The summed E-state index contributed by atoms with van der Waals surface area (Å²) < 4.78 is 9.43. The number of nitrogens with one attached hydrogen (secondary N) is 1. The van der Waals surface area contributed by atoms with Crippen molar-refractivity contribution in [3.63, 3.8) is 0 Å². The highest BCUT2D eigenvalue weighted by Gasteiger charge is 2.19. The number of oxazole rings is 1. The molecule has 1 unspecified atom stereocenters. The van der Waals surface area contributed by atoms with Crippen LogP contribution in [0.25, 0.3) is 0 Å². The smallest absolute Gasteiger partial charge is 0.396 e.